The highest BCUT2D eigenvalue weighted by Gasteiger charge is 2.22. The van der Waals surface area contributed by atoms with E-state index in [2.05, 4.69) is 36.7 Å². The summed E-state index contributed by atoms with van der Waals surface area (Å²) in [6.07, 6.45) is 0. The van der Waals surface area contributed by atoms with Gasteiger partial charge >= 0.3 is 12.0 Å². The number of hydrogen-bond acceptors (Lipinski definition) is 5. The Labute approximate surface area is 204 Å². The van der Waals surface area contributed by atoms with Gasteiger partial charge in [0.2, 0.25) is 0 Å². The van der Waals surface area contributed by atoms with E-state index in [9.17, 15) is 9.59 Å². The predicted molar refractivity (Wildman–Crippen MR) is 139 cm³/mol. The molecule has 3 N–H and O–H groups in total. The van der Waals surface area contributed by atoms with Gasteiger partial charge in [0.15, 0.2) is 0 Å². The van der Waals surface area contributed by atoms with Crippen molar-refractivity contribution in [3.8, 4) is 5.69 Å². The summed E-state index contributed by atoms with van der Waals surface area (Å²) in [5, 5.41) is 15.7. The molecule has 0 bridgehead atoms. The van der Waals surface area contributed by atoms with Gasteiger partial charge in [0.1, 0.15) is 12.4 Å². The molecular weight excluding hydrogens is 442 g/mol. The van der Waals surface area contributed by atoms with Crippen molar-refractivity contribution in [2.45, 2.75) is 26.2 Å². The number of ether oxygens (including phenoxy) is 1. The minimum absolute atomic E-state index is 0.0465. The first kappa shape index (κ1) is 23.8. The highest BCUT2D eigenvalue weighted by Crippen LogP contribution is 2.28. The number of hydrogen-bond donors (Lipinski definition) is 3. The second-order valence-corrected chi connectivity index (χ2v) is 9.16. The number of esters is 1. The molecule has 0 aliphatic heterocycles. The molecule has 0 saturated carbocycles. The Balaban J connectivity index is 1.62. The number of benzene rings is 3. The Morgan fingerprint density at radius 2 is 1.69 bits per heavy atom. The monoisotopic (exact) mass is 471 g/mol. The molecule has 1 heterocycles. The number of nitrogens with one attached hydrogen (secondary N) is 3. The minimum Gasteiger partial charge on any atom is -0.468 e. The van der Waals surface area contributed by atoms with Gasteiger partial charge in [0.25, 0.3) is 0 Å². The lowest BCUT2D eigenvalue weighted by Crippen LogP contribution is -2.21. The van der Waals surface area contributed by atoms with Gasteiger partial charge in [-0.05, 0) is 29.7 Å². The van der Waals surface area contributed by atoms with E-state index < -0.39 is 0 Å². The van der Waals surface area contributed by atoms with Gasteiger partial charge in [-0.1, -0.05) is 63.2 Å². The molecule has 8 nitrogen and oxygen atoms in total. The first-order chi connectivity index (χ1) is 16.7. The van der Waals surface area contributed by atoms with Gasteiger partial charge < -0.3 is 15.4 Å². The van der Waals surface area contributed by atoms with Crippen molar-refractivity contribution in [1.29, 1.82) is 0 Å². The SMILES string of the molecule is COC(=O)CNc1cccc(-n2nc(C(C)(C)C)cc2NC(=O)Nc2cccc3ccccc23)c1. The quantitative estimate of drug-likeness (QED) is 0.320. The molecule has 35 heavy (non-hydrogen) atoms. The fourth-order valence-electron chi connectivity index (χ4n) is 3.63. The number of carbonyl (C=O) groups excluding carboxylic acids is 2. The lowest BCUT2D eigenvalue weighted by Gasteiger charge is -2.14. The summed E-state index contributed by atoms with van der Waals surface area (Å²) in [7, 11) is 1.35. The number of fused-ring (bicyclic) bond motifs is 1. The summed E-state index contributed by atoms with van der Waals surface area (Å²) in [6.45, 7) is 6.24. The lowest BCUT2D eigenvalue weighted by molar-refractivity contribution is -0.138. The molecule has 0 radical (unpaired) electrons. The van der Waals surface area contributed by atoms with Crippen LogP contribution in [-0.4, -0.2) is 35.4 Å². The molecule has 8 heteroatoms. The molecule has 3 aromatic carbocycles. The van der Waals surface area contributed by atoms with Crippen molar-refractivity contribution in [3.05, 3.63) is 78.5 Å². The molecule has 4 aromatic rings. The van der Waals surface area contributed by atoms with E-state index in [4.69, 9.17) is 9.84 Å². The van der Waals surface area contributed by atoms with Crippen LogP contribution >= 0.6 is 0 Å². The van der Waals surface area contributed by atoms with Crippen LogP contribution < -0.4 is 16.0 Å². The topological polar surface area (TPSA) is 97.3 Å². The van der Waals surface area contributed by atoms with E-state index in [0.717, 1.165) is 33.5 Å². The third-order valence-corrected chi connectivity index (χ3v) is 5.51. The molecule has 0 aliphatic rings. The highest BCUT2D eigenvalue weighted by molar-refractivity contribution is 6.06. The van der Waals surface area contributed by atoms with Crippen LogP contribution in [0.15, 0.2) is 72.8 Å². The molecule has 0 saturated heterocycles. The number of anilines is 3. The molecule has 2 amide bonds. The number of methoxy groups -OCH3 is 1. The van der Waals surface area contributed by atoms with Crippen LogP contribution in [0.1, 0.15) is 26.5 Å². The van der Waals surface area contributed by atoms with Crippen molar-refractivity contribution in [1.82, 2.24) is 9.78 Å². The van der Waals surface area contributed by atoms with Gasteiger partial charge in [-0.15, -0.1) is 0 Å². The summed E-state index contributed by atoms with van der Waals surface area (Å²) in [6, 6.07) is 22.6. The maximum absolute atomic E-state index is 13.0. The second kappa shape index (κ2) is 9.89. The normalized spacial score (nSPS) is 11.2. The van der Waals surface area contributed by atoms with Crippen molar-refractivity contribution in [2.75, 3.05) is 29.6 Å². The molecule has 0 unspecified atom stereocenters. The average molecular weight is 472 g/mol. The third kappa shape index (κ3) is 5.60. The third-order valence-electron chi connectivity index (χ3n) is 5.51. The van der Waals surface area contributed by atoms with E-state index in [-0.39, 0.29) is 24.0 Å². The summed E-state index contributed by atoms with van der Waals surface area (Å²) in [4.78, 5) is 24.5. The van der Waals surface area contributed by atoms with Crippen LogP contribution in [0, 0.1) is 0 Å². The largest absolute Gasteiger partial charge is 0.468 e. The van der Waals surface area contributed by atoms with E-state index in [1.54, 1.807) is 4.68 Å². The average Bonchev–Trinajstić information content (AvgIpc) is 3.27. The number of carbonyl (C=O) groups is 2. The van der Waals surface area contributed by atoms with Crippen molar-refractivity contribution in [3.63, 3.8) is 0 Å². The van der Waals surface area contributed by atoms with E-state index in [1.807, 2.05) is 72.8 Å². The molecule has 1 aromatic heterocycles. The van der Waals surface area contributed by atoms with Crippen molar-refractivity contribution >= 4 is 40.0 Å². The molecule has 180 valence electrons. The van der Waals surface area contributed by atoms with E-state index >= 15 is 0 Å². The van der Waals surface area contributed by atoms with Crippen LogP contribution in [0.4, 0.5) is 22.0 Å². The Hall–Kier alpha value is -4.33. The molecular formula is C27H29N5O3. The molecule has 0 aliphatic carbocycles. The maximum Gasteiger partial charge on any atom is 0.325 e. The first-order valence-corrected chi connectivity index (χ1v) is 11.3. The van der Waals surface area contributed by atoms with Crippen LogP contribution in [0.25, 0.3) is 16.5 Å². The molecule has 4 rings (SSSR count). The van der Waals surface area contributed by atoms with Gasteiger partial charge in [-0.25, -0.2) is 9.48 Å². The van der Waals surface area contributed by atoms with Crippen LogP contribution in [0.5, 0.6) is 0 Å². The van der Waals surface area contributed by atoms with E-state index in [1.165, 1.54) is 7.11 Å². The Morgan fingerprint density at radius 3 is 2.46 bits per heavy atom. The summed E-state index contributed by atoms with van der Waals surface area (Å²) >= 11 is 0. The fourth-order valence-corrected chi connectivity index (χ4v) is 3.63. The molecule has 0 spiro atoms. The van der Waals surface area contributed by atoms with Gasteiger partial charge in [0.05, 0.1) is 24.2 Å². The van der Waals surface area contributed by atoms with Crippen molar-refractivity contribution in [2.24, 2.45) is 0 Å². The van der Waals surface area contributed by atoms with Crippen molar-refractivity contribution < 1.29 is 14.3 Å². The number of aromatic nitrogens is 2. The summed E-state index contributed by atoms with van der Waals surface area (Å²) in [5.41, 5.74) is 2.78. The second-order valence-electron chi connectivity index (χ2n) is 9.16. The highest BCUT2D eigenvalue weighted by atomic mass is 16.5. The maximum atomic E-state index is 13.0. The predicted octanol–water partition coefficient (Wildman–Crippen LogP) is 5.55. The Kier molecular flexibility index (Phi) is 6.73. The zero-order chi connectivity index (χ0) is 25.0. The molecule has 0 fully saturated rings. The van der Waals surface area contributed by atoms with Gasteiger partial charge in [0, 0.05) is 22.6 Å². The smallest absolute Gasteiger partial charge is 0.325 e. The van der Waals surface area contributed by atoms with Crippen LogP contribution in [0.3, 0.4) is 0 Å². The number of nitrogens with zero attached hydrogens (tertiary/aromatic N) is 2. The zero-order valence-corrected chi connectivity index (χ0v) is 20.3. The van der Waals surface area contributed by atoms with Gasteiger partial charge in [-0.3, -0.25) is 10.1 Å². The summed E-state index contributed by atoms with van der Waals surface area (Å²) < 4.78 is 6.38. The van der Waals surface area contributed by atoms with E-state index in [0.29, 0.717) is 5.82 Å². The summed E-state index contributed by atoms with van der Waals surface area (Å²) in [5.74, 6) is 0.162. The number of rotatable bonds is 6. The van der Waals surface area contributed by atoms with Crippen LogP contribution in [0.2, 0.25) is 0 Å². The Bertz CT molecular complexity index is 1370. The Morgan fingerprint density at radius 1 is 0.943 bits per heavy atom. The minimum atomic E-state index is -0.372. The number of urea groups is 1. The van der Waals surface area contributed by atoms with Gasteiger partial charge in [-0.2, -0.15) is 5.10 Å². The standard InChI is InChI=1S/C27H29N5O3/c1-27(2,3)23-16-24(30-26(34)29-22-14-7-10-18-9-5-6-13-21(18)22)32(31-23)20-12-8-11-19(15-20)28-17-25(33)35-4/h5-16,28H,17H2,1-4H3,(H2,29,30,34). The number of amides is 2. The first-order valence-electron chi connectivity index (χ1n) is 11.3. The molecule has 0 atom stereocenters. The zero-order valence-electron chi connectivity index (χ0n) is 20.3. The lowest BCUT2D eigenvalue weighted by atomic mass is 9.92. The van der Waals surface area contributed by atoms with Crippen LogP contribution in [-0.2, 0) is 14.9 Å². The fraction of sp³-hybridized carbons (Fsp3) is 0.222.